The lowest BCUT2D eigenvalue weighted by Gasteiger charge is -2.10. The molecule has 0 fully saturated rings. The Morgan fingerprint density at radius 1 is 1.12 bits per heavy atom. The SMILES string of the molecule is Cc1cc(C(=O)O)ccc1-c1cc2nc(C(=O)N(C)C)cc(C)n2n1. The Balaban J connectivity index is 2.12. The van der Waals surface area contributed by atoms with E-state index in [1.54, 1.807) is 48.9 Å². The molecule has 0 spiro atoms. The largest absolute Gasteiger partial charge is 0.478 e. The highest BCUT2D eigenvalue weighted by molar-refractivity contribution is 5.92. The highest BCUT2D eigenvalue weighted by Gasteiger charge is 2.16. The number of nitrogens with zero attached hydrogens (tertiary/aromatic N) is 4. The van der Waals surface area contributed by atoms with Gasteiger partial charge in [-0.3, -0.25) is 4.79 Å². The van der Waals surface area contributed by atoms with Crippen LogP contribution in [-0.4, -0.2) is 50.6 Å². The number of aromatic nitrogens is 3. The molecule has 25 heavy (non-hydrogen) atoms. The molecular formula is C18H18N4O3. The maximum absolute atomic E-state index is 12.2. The number of fused-ring (bicyclic) bond motifs is 1. The summed E-state index contributed by atoms with van der Waals surface area (Å²) in [5.74, 6) is -1.13. The zero-order valence-electron chi connectivity index (χ0n) is 14.4. The fraction of sp³-hybridized carbons (Fsp3) is 0.222. The average molecular weight is 338 g/mol. The van der Waals surface area contributed by atoms with E-state index in [9.17, 15) is 9.59 Å². The van der Waals surface area contributed by atoms with Crippen LogP contribution in [0.3, 0.4) is 0 Å². The number of amides is 1. The van der Waals surface area contributed by atoms with E-state index in [-0.39, 0.29) is 11.5 Å². The van der Waals surface area contributed by atoms with Crippen molar-refractivity contribution in [2.24, 2.45) is 0 Å². The first kappa shape index (κ1) is 16.6. The lowest BCUT2D eigenvalue weighted by Crippen LogP contribution is -2.23. The van der Waals surface area contributed by atoms with E-state index in [0.717, 1.165) is 16.8 Å². The molecule has 128 valence electrons. The van der Waals surface area contributed by atoms with E-state index in [2.05, 4.69) is 10.1 Å². The van der Waals surface area contributed by atoms with E-state index in [0.29, 0.717) is 17.0 Å². The molecule has 1 amide bonds. The van der Waals surface area contributed by atoms with Crippen LogP contribution >= 0.6 is 0 Å². The van der Waals surface area contributed by atoms with Crippen LogP contribution in [-0.2, 0) is 0 Å². The van der Waals surface area contributed by atoms with Crippen LogP contribution < -0.4 is 0 Å². The molecule has 0 atom stereocenters. The highest BCUT2D eigenvalue weighted by atomic mass is 16.4. The molecule has 3 aromatic rings. The molecule has 2 heterocycles. The van der Waals surface area contributed by atoms with E-state index in [4.69, 9.17) is 5.11 Å². The second kappa shape index (κ2) is 6.01. The molecule has 1 aromatic carbocycles. The molecule has 0 radical (unpaired) electrons. The van der Waals surface area contributed by atoms with Gasteiger partial charge in [-0.1, -0.05) is 6.07 Å². The van der Waals surface area contributed by atoms with E-state index >= 15 is 0 Å². The molecular weight excluding hydrogens is 320 g/mol. The van der Waals surface area contributed by atoms with Crippen molar-refractivity contribution in [2.75, 3.05) is 14.1 Å². The summed E-state index contributed by atoms with van der Waals surface area (Å²) in [6.07, 6.45) is 0. The van der Waals surface area contributed by atoms with Crippen LogP contribution in [0.15, 0.2) is 30.3 Å². The second-order valence-electron chi connectivity index (χ2n) is 6.12. The van der Waals surface area contributed by atoms with Crippen molar-refractivity contribution in [3.8, 4) is 11.3 Å². The predicted octanol–water partition coefficient (Wildman–Crippen LogP) is 2.41. The third-order valence-corrected chi connectivity index (χ3v) is 3.98. The van der Waals surface area contributed by atoms with E-state index in [1.165, 1.54) is 4.90 Å². The standard InChI is InChI=1S/C18H18N4O3/c1-10-7-12(18(24)25)5-6-13(10)14-9-16-19-15(17(23)21(3)4)8-11(2)22(16)20-14/h5-9H,1-4H3,(H,24,25). The van der Waals surface area contributed by atoms with Gasteiger partial charge in [0, 0.05) is 31.4 Å². The first-order chi connectivity index (χ1) is 11.8. The summed E-state index contributed by atoms with van der Waals surface area (Å²) in [5, 5.41) is 13.6. The van der Waals surface area contributed by atoms with Gasteiger partial charge in [0.05, 0.1) is 11.3 Å². The number of rotatable bonds is 3. The maximum Gasteiger partial charge on any atom is 0.335 e. The van der Waals surface area contributed by atoms with Gasteiger partial charge in [-0.2, -0.15) is 5.10 Å². The van der Waals surface area contributed by atoms with Crippen molar-refractivity contribution >= 4 is 17.5 Å². The molecule has 7 nitrogen and oxygen atoms in total. The summed E-state index contributed by atoms with van der Waals surface area (Å²) in [6.45, 7) is 3.70. The highest BCUT2D eigenvalue weighted by Crippen LogP contribution is 2.25. The Bertz CT molecular complexity index is 1000. The van der Waals surface area contributed by atoms with Gasteiger partial charge in [0.25, 0.3) is 5.91 Å². The second-order valence-corrected chi connectivity index (χ2v) is 6.12. The Labute approximate surface area is 144 Å². The zero-order chi connectivity index (χ0) is 18.3. The van der Waals surface area contributed by atoms with Crippen LogP contribution in [0.2, 0.25) is 0 Å². The van der Waals surface area contributed by atoms with Gasteiger partial charge < -0.3 is 10.0 Å². The van der Waals surface area contributed by atoms with Gasteiger partial charge in [0.1, 0.15) is 5.69 Å². The molecule has 3 rings (SSSR count). The van der Waals surface area contributed by atoms with Crippen LogP contribution in [0.25, 0.3) is 16.9 Å². The van der Waals surface area contributed by atoms with E-state index in [1.807, 2.05) is 13.8 Å². The zero-order valence-corrected chi connectivity index (χ0v) is 14.4. The first-order valence-electron chi connectivity index (χ1n) is 7.71. The lowest BCUT2D eigenvalue weighted by atomic mass is 10.0. The van der Waals surface area contributed by atoms with Gasteiger partial charge >= 0.3 is 5.97 Å². The van der Waals surface area contributed by atoms with Crippen molar-refractivity contribution in [1.29, 1.82) is 0 Å². The van der Waals surface area contributed by atoms with Crippen molar-refractivity contribution in [3.63, 3.8) is 0 Å². The quantitative estimate of drug-likeness (QED) is 0.792. The Morgan fingerprint density at radius 2 is 1.84 bits per heavy atom. The first-order valence-corrected chi connectivity index (χ1v) is 7.71. The number of carboxylic acid groups (broad SMARTS) is 1. The summed E-state index contributed by atoms with van der Waals surface area (Å²) in [4.78, 5) is 29.1. The minimum atomic E-state index is -0.964. The lowest BCUT2D eigenvalue weighted by molar-refractivity contribution is 0.0696. The predicted molar refractivity (Wildman–Crippen MR) is 92.9 cm³/mol. The molecule has 0 saturated heterocycles. The normalized spacial score (nSPS) is 10.9. The summed E-state index contributed by atoms with van der Waals surface area (Å²) in [7, 11) is 3.36. The average Bonchev–Trinajstić information content (AvgIpc) is 2.98. The van der Waals surface area contributed by atoms with Gasteiger partial charge in [-0.05, 0) is 37.6 Å². The number of carboxylic acids is 1. The number of aryl methyl sites for hydroxylation is 2. The van der Waals surface area contributed by atoms with Crippen molar-refractivity contribution in [3.05, 3.63) is 52.8 Å². The molecule has 2 aromatic heterocycles. The molecule has 0 saturated carbocycles. The summed E-state index contributed by atoms with van der Waals surface area (Å²) >= 11 is 0. The fourth-order valence-corrected chi connectivity index (χ4v) is 2.68. The molecule has 0 unspecified atom stereocenters. The minimum Gasteiger partial charge on any atom is -0.478 e. The van der Waals surface area contributed by atoms with Crippen LogP contribution in [0.4, 0.5) is 0 Å². The minimum absolute atomic E-state index is 0.171. The monoisotopic (exact) mass is 338 g/mol. The van der Waals surface area contributed by atoms with Crippen molar-refractivity contribution in [1.82, 2.24) is 19.5 Å². The van der Waals surface area contributed by atoms with Gasteiger partial charge in [-0.15, -0.1) is 0 Å². The van der Waals surface area contributed by atoms with Crippen molar-refractivity contribution < 1.29 is 14.7 Å². The Kier molecular flexibility index (Phi) is 4.00. The van der Waals surface area contributed by atoms with Crippen molar-refractivity contribution in [2.45, 2.75) is 13.8 Å². The third kappa shape index (κ3) is 2.96. The number of hydrogen-bond acceptors (Lipinski definition) is 4. The van der Waals surface area contributed by atoms with Crippen LogP contribution in [0.1, 0.15) is 32.1 Å². The summed E-state index contributed by atoms with van der Waals surface area (Å²) in [6, 6.07) is 8.40. The molecule has 0 aliphatic carbocycles. The summed E-state index contributed by atoms with van der Waals surface area (Å²) in [5.41, 5.74) is 4.28. The van der Waals surface area contributed by atoms with Gasteiger partial charge in [0.15, 0.2) is 5.65 Å². The smallest absolute Gasteiger partial charge is 0.335 e. The molecule has 0 bridgehead atoms. The number of hydrogen-bond donors (Lipinski definition) is 1. The number of carbonyl (C=O) groups is 2. The summed E-state index contributed by atoms with van der Waals surface area (Å²) < 4.78 is 1.67. The van der Waals surface area contributed by atoms with Gasteiger partial charge in [0.2, 0.25) is 0 Å². The molecule has 0 aliphatic heterocycles. The maximum atomic E-state index is 12.2. The number of benzene rings is 1. The molecule has 1 N–H and O–H groups in total. The van der Waals surface area contributed by atoms with Crippen LogP contribution in [0.5, 0.6) is 0 Å². The Hall–Kier alpha value is -3.22. The Morgan fingerprint density at radius 3 is 2.44 bits per heavy atom. The number of aromatic carboxylic acids is 1. The third-order valence-electron chi connectivity index (χ3n) is 3.98. The topological polar surface area (TPSA) is 87.8 Å². The van der Waals surface area contributed by atoms with Gasteiger partial charge in [-0.25, -0.2) is 14.3 Å². The molecule has 7 heteroatoms. The molecule has 0 aliphatic rings. The number of carbonyl (C=O) groups excluding carboxylic acids is 1. The van der Waals surface area contributed by atoms with Crippen LogP contribution in [0, 0.1) is 13.8 Å². The fourth-order valence-electron chi connectivity index (χ4n) is 2.68. The van der Waals surface area contributed by atoms with E-state index < -0.39 is 5.97 Å².